The highest BCUT2D eigenvalue weighted by molar-refractivity contribution is 6.30. The molecule has 4 rings (SSSR count). The first-order chi connectivity index (χ1) is 14.9. The number of allylic oxidation sites excluding steroid dienone is 3. The molecular weight excluding hydrogens is 419 g/mol. The summed E-state index contributed by atoms with van der Waals surface area (Å²) >= 11 is 5.88. The van der Waals surface area contributed by atoms with Gasteiger partial charge in [0.25, 0.3) is 5.91 Å². The molecule has 0 aromatic heterocycles. The number of carbonyl (C=O) groups is 2. The summed E-state index contributed by atoms with van der Waals surface area (Å²) in [4.78, 5) is 25.7. The molecular formula is C23H18ClFN4O2. The lowest BCUT2D eigenvalue weighted by Gasteiger charge is -2.39. The lowest BCUT2D eigenvalue weighted by Crippen LogP contribution is -2.48. The van der Waals surface area contributed by atoms with E-state index in [9.17, 15) is 19.2 Å². The number of hydrogen-bond donors (Lipinski definition) is 2. The summed E-state index contributed by atoms with van der Waals surface area (Å²) in [7, 11) is 0. The minimum Gasteiger partial charge on any atom is -0.383 e. The molecule has 2 aromatic rings. The van der Waals surface area contributed by atoms with E-state index in [1.807, 2.05) is 6.07 Å². The van der Waals surface area contributed by atoms with Crippen LogP contribution >= 0.6 is 11.6 Å². The number of hydrogen-bond acceptors (Lipinski definition) is 5. The van der Waals surface area contributed by atoms with Crippen molar-refractivity contribution >= 4 is 23.3 Å². The lowest BCUT2D eigenvalue weighted by molar-refractivity contribution is -0.116. The van der Waals surface area contributed by atoms with Crippen molar-refractivity contribution in [3.05, 3.63) is 93.2 Å². The number of halogens is 2. The molecule has 0 fully saturated rings. The number of nitriles is 1. The van der Waals surface area contributed by atoms with E-state index in [4.69, 9.17) is 17.3 Å². The molecule has 156 valence electrons. The van der Waals surface area contributed by atoms with Crippen LogP contribution in [0.15, 0.2) is 71.2 Å². The summed E-state index contributed by atoms with van der Waals surface area (Å²) in [6, 6.07) is 14.3. The zero-order chi connectivity index (χ0) is 22.1. The molecule has 2 aliphatic rings. The summed E-state index contributed by atoms with van der Waals surface area (Å²) in [6.45, 7) is 0. The van der Waals surface area contributed by atoms with Crippen LogP contribution in [0.25, 0.3) is 0 Å². The molecule has 2 aromatic carbocycles. The second kappa shape index (κ2) is 8.25. The quantitative estimate of drug-likeness (QED) is 0.759. The van der Waals surface area contributed by atoms with Gasteiger partial charge in [-0.1, -0.05) is 29.8 Å². The SMILES string of the molecule is N#CC1=C(N)N(NC(=O)c2ccc(Cl)cc2)C2=C(C(=O)CCC2)C1c1ccccc1F. The number of nitrogens with two attached hydrogens (primary N) is 1. The van der Waals surface area contributed by atoms with Crippen LogP contribution in [0, 0.1) is 17.1 Å². The van der Waals surface area contributed by atoms with Crippen molar-refractivity contribution < 1.29 is 14.0 Å². The molecule has 1 atom stereocenters. The van der Waals surface area contributed by atoms with Crippen molar-refractivity contribution in [1.29, 1.82) is 5.26 Å². The van der Waals surface area contributed by atoms with E-state index in [1.54, 1.807) is 36.4 Å². The molecule has 1 aliphatic carbocycles. The number of nitrogens with zero attached hydrogens (tertiary/aromatic N) is 2. The van der Waals surface area contributed by atoms with Crippen molar-refractivity contribution in [2.75, 3.05) is 0 Å². The van der Waals surface area contributed by atoms with Gasteiger partial charge >= 0.3 is 0 Å². The highest BCUT2D eigenvalue weighted by atomic mass is 35.5. The highest BCUT2D eigenvalue weighted by Gasteiger charge is 2.41. The first kappa shape index (κ1) is 20.6. The molecule has 1 unspecified atom stereocenters. The largest absolute Gasteiger partial charge is 0.383 e. The molecule has 0 spiro atoms. The van der Waals surface area contributed by atoms with Crippen LogP contribution in [0.1, 0.15) is 41.1 Å². The topological polar surface area (TPSA) is 99.2 Å². The van der Waals surface area contributed by atoms with Gasteiger partial charge in [0.05, 0.1) is 17.6 Å². The lowest BCUT2D eigenvalue weighted by atomic mass is 9.76. The van der Waals surface area contributed by atoms with Gasteiger partial charge in [0.2, 0.25) is 0 Å². The fourth-order valence-electron chi connectivity index (χ4n) is 4.00. The number of carbonyl (C=O) groups excluding carboxylic acids is 2. The number of ketones is 1. The average molecular weight is 437 g/mol. The Kier molecular flexibility index (Phi) is 5.49. The Morgan fingerprint density at radius 1 is 1.19 bits per heavy atom. The minimum absolute atomic E-state index is 0.00973. The van der Waals surface area contributed by atoms with Gasteiger partial charge in [-0.05, 0) is 43.2 Å². The molecule has 31 heavy (non-hydrogen) atoms. The Balaban J connectivity index is 1.82. The van der Waals surface area contributed by atoms with Crippen LogP contribution in [-0.4, -0.2) is 16.7 Å². The maximum atomic E-state index is 14.7. The monoisotopic (exact) mass is 436 g/mol. The number of nitrogens with one attached hydrogen (secondary N) is 1. The molecule has 0 saturated heterocycles. The Bertz CT molecular complexity index is 1180. The van der Waals surface area contributed by atoms with Crippen LogP contribution in [0.5, 0.6) is 0 Å². The zero-order valence-electron chi connectivity index (χ0n) is 16.4. The molecule has 3 N–H and O–H groups in total. The third kappa shape index (κ3) is 3.66. The fourth-order valence-corrected chi connectivity index (χ4v) is 4.13. The normalized spacial score (nSPS) is 18.5. The fraction of sp³-hybridized carbons (Fsp3) is 0.174. The van der Waals surface area contributed by atoms with Gasteiger partial charge in [0.15, 0.2) is 5.78 Å². The van der Waals surface area contributed by atoms with Gasteiger partial charge < -0.3 is 5.73 Å². The van der Waals surface area contributed by atoms with Gasteiger partial charge in [-0.3, -0.25) is 15.0 Å². The third-order valence-corrected chi connectivity index (χ3v) is 5.70. The van der Waals surface area contributed by atoms with Gasteiger partial charge in [-0.25, -0.2) is 9.40 Å². The number of Topliss-reactive ketones (excluding diaryl/α,β-unsaturated/α-hetero) is 1. The first-order valence-electron chi connectivity index (χ1n) is 9.69. The van der Waals surface area contributed by atoms with Crippen molar-refractivity contribution in [3.63, 3.8) is 0 Å². The maximum Gasteiger partial charge on any atom is 0.270 e. The summed E-state index contributed by atoms with van der Waals surface area (Å²) in [6.07, 6.45) is 1.29. The molecule has 6 nitrogen and oxygen atoms in total. The Morgan fingerprint density at radius 2 is 1.90 bits per heavy atom. The van der Waals surface area contributed by atoms with E-state index >= 15 is 0 Å². The molecule has 0 saturated carbocycles. The number of amides is 1. The molecule has 1 amide bonds. The van der Waals surface area contributed by atoms with Gasteiger partial charge in [-0.15, -0.1) is 0 Å². The average Bonchev–Trinajstić information content (AvgIpc) is 2.76. The van der Waals surface area contributed by atoms with Crippen LogP contribution in [0.3, 0.4) is 0 Å². The Labute approximate surface area is 183 Å². The van der Waals surface area contributed by atoms with Crippen LogP contribution in [-0.2, 0) is 4.79 Å². The Morgan fingerprint density at radius 3 is 2.58 bits per heavy atom. The van der Waals surface area contributed by atoms with E-state index in [-0.39, 0.29) is 29.2 Å². The molecule has 1 aliphatic heterocycles. The van der Waals surface area contributed by atoms with E-state index in [0.717, 1.165) is 0 Å². The third-order valence-electron chi connectivity index (χ3n) is 5.45. The van der Waals surface area contributed by atoms with E-state index in [2.05, 4.69) is 5.43 Å². The minimum atomic E-state index is -0.919. The molecule has 8 heteroatoms. The highest BCUT2D eigenvalue weighted by Crippen LogP contribution is 2.44. The maximum absolute atomic E-state index is 14.7. The Hall–Kier alpha value is -3.63. The predicted octanol–water partition coefficient (Wildman–Crippen LogP) is 3.92. The predicted molar refractivity (Wildman–Crippen MR) is 113 cm³/mol. The first-order valence-corrected chi connectivity index (χ1v) is 10.1. The summed E-state index contributed by atoms with van der Waals surface area (Å²) < 4.78 is 14.7. The zero-order valence-corrected chi connectivity index (χ0v) is 17.1. The van der Waals surface area contributed by atoms with Gasteiger partial charge in [-0.2, -0.15) is 5.26 Å². The second-order valence-electron chi connectivity index (χ2n) is 7.29. The summed E-state index contributed by atoms with van der Waals surface area (Å²) in [5.74, 6) is -2.16. The standard InChI is InChI=1S/C23H18ClFN4O2/c24-14-10-8-13(9-11-14)23(31)28-29-18-6-3-7-19(30)21(18)20(16(12-26)22(29)27)15-4-1-2-5-17(15)25/h1-2,4-5,8-11,20H,3,6-7,27H2,(H,28,31). The van der Waals surface area contributed by atoms with Crippen LogP contribution in [0.2, 0.25) is 5.02 Å². The smallest absolute Gasteiger partial charge is 0.270 e. The van der Waals surface area contributed by atoms with Gasteiger partial charge in [0.1, 0.15) is 11.6 Å². The molecule has 0 radical (unpaired) electrons. The van der Waals surface area contributed by atoms with E-state index in [0.29, 0.717) is 34.7 Å². The second-order valence-corrected chi connectivity index (χ2v) is 7.72. The van der Waals surface area contributed by atoms with Crippen LogP contribution in [0.4, 0.5) is 4.39 Å². The van der Waals surface area contributed by atoms with E-state index < -0.39 is 17.6 Å². The molecule has 1 heterocycles. The van der Waals surface area contributed by atoms with Crippen molar-refractivity contribution in [2.45, 2.75) is 25.2 Å². The summed E-state index contributed by atoms with van der Waals surface area (Å²) in [5.41, 5.74) is 10.3. The van der Waals surface area contributed by atoms with Crippen molar-refractivity contribution in [3.8, 4) is 6.07 Å². The summed E-state index contributed by atoms with van der Waals surface area (Å²) in [5, 5.41) is 11.6. The number of rotatable bonds is 3. The van der Waals surface area contributed by atoms with Crippen molar-refractivity contribution in [1.82, 2.24) is 10.4 Å². The van der Waals surface area contributed by atoms with E-state index in [1.165, 1.54) is 17.1 Å². The number of benzene rings is 2. The molecule has 0 bridgehead atoms. The van der Waals surface area contributed by atoms with Gasteiger partial charge in [0, 0.05) is 33.8 Å². The van der Waals surface area contributed by atoms with Crippen LogP contribution < -0.4 is 11.2 Å². The number of hydrazine groups is 1. The van der Waals surface area contributed by atoms with Crippen molar-refractivity contribution in [2.24, 2.45) is 5.73 Å².